The van der Waals surface area contributed by atoms with Crippen LogP contribution in [0.2, 0.25) is 0 Å². The van der Waals surface area contributed by atoms with Crippen LogP contribution < -0.4 is 5.90 Å². The second kappa shape index (κ2) is 4.92. The van der Waals surface area contributed by atoms with Crippen LogP contribution >= 0.6 is 0 Å². The number of nitrogens with zero attached hydrogens (tertiary/aromatic N) is 2. The summed E-state index contributed by atoms with van der Waals surface area (Å²) in [5.74, 6) is 4.99. The molecule has 0 saturated carbocycles. The fraction of sp³-hybridized carbons (Fsp3) is 0.250. The lowest BCUT2D eigenvalue weighted by Crippen LogP contribution is -2.03. The molecule has 0 atom stereocenters. The largest absolute Gasteiger partial charge is 0.304 e. The summed E-state index contributed by atoms with van der Waals surface area (Å²) < 4.78 is 1.86. The second-order valence-electron chi connectivity index (χ2n) is 3.75. The maximum absolute atomic E-state index is 4.99. The molecule has 0 aliphatic carbocycles. The molecule has 0 spiro atoms. The SMILES string of the molecule is Cc1cnn(-c2ccc(CCON)cc2)c1. The topological polar surface area (TPSA) is 53.1 Å². The zero-order chi connectivity index (χ0) is 11.4. The Bertz CT molecular complexity index is 448. The van der Waals surface area contributed by atoms with E-state index in [9.17, 15) is 0 Å². The van der Waals surface area contributed by atoms with Gasteiger partial charge in [-0.1, -0.05) is 12.1 Å². The normalized spacial score (nSPS) is 10.6. The third-order valence-electron chi connectivity index (χ3n) is 2.42. The molecule has 0 amide bonds. The summed E-state index contributed by atoms with van der Waals surface area (Å²) in [7, 11) is 0. The first-order valence-corrected chi connectivity index (χ1v) is 5.22. The van der Waals surface area contributed by atoms with Gasteiger partial charge in [0.15, 0.2) is 0 Å². The van der Waals surface area contributed by atoms with Gasteiger partial charge in [0, 0.05) is 6.20 Å². The van der Waals surface area contributed by atoms with Gasteiger partial charge >= 0.3 is 0 Å². The van der Waals surface area contributed by atoms with Gasteiger partial charge in [0.05, 0.1) is 18.5 Å². The zero-order valence-corrected chi connectivity index (χ0v) is 9.26. The van der Waals surface area contributed by atoms with Crippen molar-refractivity contribution in [1.82, 2.24) is 9.78 Å². The molecule has 0 bridgehead atoms. The van der Waals surface area contributed by atoms with Gasteiger partial charge in [0.25, 0.3) is 0 Å². The van der Waals surface area contributed by atoms with Crippen LogP contribution in [0.3, 0.4) is 0 Å². The minimum absolute atomic E-state index is 0.542. The van der Waals surface area contributed by atoms with E-state index in [0.717, 1.165) is 17.7 Å². The monoisotopic (exact) mass is 217 g/mol. The highest BCUT2D eigenvalue weighted by Gasteiger charge is 1.98. The quantitative estimate of drug-likeness (QED) is 0.792. The smallest absolute Gasteiger partial charge is 0.0719 e. The highest BCUT2D eigenvalue weighted by molar-refractivity contribution is 5.34. The third-order valence-corrected chi connectivity index (χ3v) is 2.42. The van der Waals surface area contributed by atoms with E-state index in [1.54, 1.807) is 0 Å². The molecule has 0 radical (unpaired) electrons. The molecule has 0 unspecified atom stereocenters. The molecule has 0 aliphatic rings. The van der Waals surface area contributed by atoms with E-state index >= 15 is 0 Å². The molecule has 1 heterocycles. The number of hydrogen-bond donors (Lipinski definition) is 1. The van der Waals surface area contributed by atoms with Gasteiger partial charge in [-0.3, -0.25) is 0 Å². The lowest BCUT2D eigenvalue weighted by atomic mass is 10.1. The molecule has 2 rings (SSSR count). The van der Waals surface area contributed by atoms with Crippen molar-refractivity contribution in [3.63, 3.8) is 0 Å². The summed E-state index contributed by atoms with van der Waals surface area (Å²) in [6.07, 6.45) is 4.67. The Morgan fingerprint density at radius 2 is 2.06 bits per heavy atom. The van der Waals surface area contributed by atoms with Crippen molar-refractivity contribution in [1.29, 1.82) is 0 Å². The fourth-order valence-electron chi connectivity index (χ4n) is 1.55. The standard InChI is InChI=1S/C12H15N3O/c1-10-8-14-15(9-10)12-4-2-11(3-5-12)6-7-16-13/h2-5,8-9H,6-7,13H2,1H3. The van der Waals surface area contributed by atoms with Crippen LogP contribution in [0.1, 0.15) is 11.1 Å². The van der Waals surface area contributed by atoms with E-state index in [2.05, 4.69) is 22.1 Å². The summed E-state index contributed by atoms with van der Waals surface area (Å²) in [6, 6.07) is 8.20. The van der Waals surface area contributed by atoms with Crippen molar-refractivity contribution in [2.75, 3.05) is 6.61 Å². The Balaban J connectivity index is 2.13. The van der Waals surface area contributed by atoms with E-state index in [1.165, 1.54) is 5.56 Å². The van der Waals surface area contributed by atoms with Crippen molar-refractivity contribution in [3.05, 3.63) is 47.8 Å². The molecule has 4 heteroatoms. The number of rotatable bonds is 4. The number of hydrogen-bond acceptors (Lipinski definition) is 3. The van der Waals surface area contributed by atoms with Gasteiger partial charge in [-0.15, -0.1) is 0 Å². The average Bonchev–Trinajstić information content (AvgIpc) is 2.74. The van der Waals surface area contributed by atoms with E-state index in [0.29, 0.717) is 6.61 Å². The molecule has 1 aromatic carbocycles. The highest BCUT2D eigenvalue weighted by Crippen LogP contribution is 2.10. The van der Waals surface area contributed by atoms with Crippen LogP contribution in [0.4, 0.5) is 0 Å². The molecular weight excluding hydrogens is 202 g/mol. The van der Waals surface area contributed by atoms with Crippen LogP contribution in [0, 0.1) is 6.92 Å². The summed E-state index contributed by atoms with van der Waals surface area (Å²) in [6.45, 7) is 2.57. The highest BCUT2D eigenvalue weighted by atomic mass is 16.6. The Hall–Kier alpha value is -1.65. The van der Waals surface area contributed by atoms with Gasteiger partial charge < -0.3 is 4.84 Å². The molecule has 1 aromatic heterocycles. The number of benzene rings is 1. The maximum Gasteiger partial charge on any atom is 0.0719 e. The number of nitrogens with two attached hydrogens (primary N) is 1. The molecular formula is C12H15N3O. The number of aromatic nitrogens is 2. The first kappa shape index (κ1) is 10.9. The predicted octanol–water partition coefficient (Wildman–Crippen LogP) is 1.61. The summed E-state index contributed by atoms with van der Waals surface area (Å²) in [5.41, 5.74) is 3.42. The Morgan fingerprint density at radius 3 is 2.62 bits per heavy atom. The number of aryl methyl sites for hydroxylation is 1. The van der Waals surface area contributed by atoms with Gasteiger partial charge in [0.2, 0.25) is 0 Å². The second-order valence-corrected chi connectivity index (χ2v) is 3.75. The van der Waals surface area contributed by atoms with Gasteiger partial charge in [0.1, 0.15) is 0 Å². The Labute approximate surface area is 94.6 Å². The maximum atomic E-state index is 4.99. The van der Waals surface area contributed by atoms with Crippen molar-refractivity contribution < 1.29 is 4.84 Å². The molecule has 84 valence electrons. The van der Waals surface area contributed by atoms with Gasteiger partial charge in [-0.05, 0) is 36.6 Å². The molecule has 0 fully saturated rings. The van der Waals surface area contributed by atoms with Crippen molar-refractivity contribution >= 4 is 0 Å². The van der Waals surface area contributed by atoms with Crippen LogP contribution in [-0.4, -0.2) is 16.4 Å². The van der Waals surface area contributed by atoms with Crippen LogP contribution in [0.5, 0.6) is 0 Å². The lowest BCUT2D eigenvalue weighted by molar-refractivity contribution is 0.141. The minimum atomic E-state index is 0.542. The Morgan fingerprint density at radius 1 is 1.31 bits per heavy atom. The van der Waals surface area contributed by atoms with Crippen LogP contribution in [0.25, 0.3) is 5.69 Å². The van der Waals surface area contributed by atoms with Crippen molar-refractivity contribution in [3.8, 4) is 5.69 Å². The minimum Gasteiger partial charge on any atom is -0.304 e. The lowest BCUT2D eigenvalue weighted by Gasteiger charge is -2.03. The predicted molar refractivity (Wildman–Crippen MR) is 62.1 cm³/mol. The third kappa shape index (κ3) is 2.48. The summed E-state index contributed by atoms with van der Waals surface area (Å²) in [5, 5.41) is 4.25. The summed E-state index contributed by atoms with van der Waals surface area (Å²) in [4.78, 5) is 4.55. The molecule has 2 N–H and O–H groups in total. The van der Waals surface area contributed by atoms with E-state index in [1.807, 2.05) is 36.1 Å². The first-order valence-electron chi connectivity index (χ1n) is 5.22. The van der Waals surface area contributed by atoms with E-state index in [4.69, 9.17) is 5.90 Å². The van der Waals surface area contributed by atoms with Crippen LogP contribution in [0.15, 0.2) is 36.7 Å². The van der Waals surface area contributed by atoms with E-state index < -0.39 is 0 Å². The summed E-state index contributed by atoms with van der Waals surface area (Å²) >= 11 is 0. The van der Waals surface area contributed by atoms with Crippen molar-refractivity contribution in [2.24, 2.45) is 5.90 Å². The van der Waals surface area contributed by atoms with Crippen molar-refractivity contribution in [2.45, 2.75) is 13.3 Å². The Kier molecular flexibility index (Phi) is 3.34. The molecule has 2 aromatic rings. The zero-order valence-electron chi connectivity index (χ0n) is 9.26. The average molecular weight is 217 g/mol. The van der Waals surface area contributed by atoms with Gasteiger partial charge in [-0.25, -0.2) is 10.6 Å². The van der Waals surface area contributed by atoms with Gasteiger partial charge in [-0.2, -0.15) is 5.10 Å². The molecule has 0 saturated heterocycles. The van der Waals surface area contributed by atoms with E-state index in [-0.39, 0.29) is 0 Å². The molecule has 0 aliphatic heterocycles. The molecule has 4 nitrogen and oxygen atoms in total. The molecule has 16 heavy (non-hydrogen) atoms. The first-order chi connectivity index (χ1) is 7.79. The van der Waals surface area contributed by atoms with Crippen LogP contribution in [-0.2, 0) is 11.3 Å². The fourth-order valence-corrected chi connectivity index (χ4v) is 1.55.